The molecule has 1 fully saturated rings. The van der Waals surface area contributed by atoms with Crippen LogP contribution < -0.4 is 15.4 Å². The van der Waals surface area contributed by atoms with E-state index < -0.39 is 23.6 Å². The van der Waals surface area contributed by atoms with Crippen molar-refractivity contribution in [2.75, 3.05) is 19.0 Å². The van der Waals surface area contributed by atoms with Crippen LogP contribution in [0, 0.1) is 23.5 Å². The first-order valence-corrected chi connectivity index (χ1v) is 11.0. The number of carboxylic acids is 1. The Labute approximate surface area is 195 Å². The fourth-order valence-corrected chi connectivity index (χ4v) is 4.24. The molecule has 178 valence electrons. The van der Waals surface area contributed by atoms with Gasteiger partial charge in [-0.25, -0.2) is 13.8 Å². The predicted molar refractivity (Wildman–Crippen MR) is 120 cm³/mol. The smallest absolute Gasteiger partial charge is 0.306 e. The number of anilines is 1. The van der Waals surface area contributed by atoms with Gasteiger partial charge in [0.05, 0.1) is 29.7 Å². The fraction of sp³-hybridized carbons (Fsp3) is 0.435. The number of ether oxygens (including phenoxy) is 1. The molecule has 1 saturated carbocycles. The number of carbonyl (C=O) groups is 2. The second-order valence-electron chi connectivity index (χ2n) is 8.20. The number of amides is 1. The zero-order valence-electron chi connectivity index (χ0n) is 18.3. The normalized spacial score (nSPS) is 18.9. The average molecular weight is 482 g/mol. The lowest BCUT2D eigenvalue weighted by Gasteiger charge is -2.26. The van der Waals surface area contributed by atoms with Crippen LogP contribution in [0.2, 0.25) is 5.02 Å². The maximum absolute atomic E-state index is 14.0. The number of aliphatic carboxylic acids is 1. The number of carboxylic acid groups (broad SMARTS) is 1. The molecule has 0 aliphatic heterocycles. The van der Waals surface area contributed by atoms with Crippen LogP contribution in [0.5, 0.6) is 5.75 Å². The van der Waals surface area contributed by atoms with Crippen LogP contribution in [0.1, 0.15) is 54.6 Å². The summed E-state index contributed by atoms with van der Waals surface area (Å²) in [5, 5.41) is 15.1. The van der Waals surface area contributed by atoms with E-state index in [9.17, 15) is 18.4 Å². The topological polar surface area (TPSA) is 101 Å². The van der Waals surface area contributed by atoms with Gasteiger partial charge >= 0.3 is 5.97 Å². The second-order valence-corrected chi connectivity index (χ2v) is 8.60. The van der Waals surface area contributed by atoms with E-state index >= 15 is 0 Å². The Kier molecular flexibility index (Phi) is 8.07. The van der Waals surface area contributed by atoms with E-state index in [2.05, 4.69) is 15.6 Å². The number of rotatable bonds is 8. The molecule has 1 aliphatic carbocycles. The van der Waals surface area contributed by atoms with Gasteiger partial charge in [-0.05, 0) is 50.7 Å². The third-order valence-corrected chi connectivity index (χ3v) is 6.20. The van der Waals surface area contributed by atoms with Gasteiger partial charge in [0.25, 0.3) is 5.91 Å². The number of pyridine rings is 1. The highest BCUT2D eigenvalue weighted by molar-refractivity contribution is 6.33. The summed E-state index contributed by atoms with van der Waals surface area (Å²) in [4.78, 5) is 27.7. The molecule has 0 saturated heterocycles. The Morgan fingerprint density at radius 3 is 2.55 bits per heavy atom. The molecule has 1 amide bonds. The van der Waals surface area contributed by atoms with Gasteiger partial charge in [-0.3, -0.25) is 9.59 Å². The average Bonchev–Trinajstić information content (AvgIpc) is 2.78. The molecule has 2 aromatic rings. The number of nitrogens with zero attached hydrogens (tertiary/aromatic N) is 1. The molecule has 1 atom stereocenters. The molecule has 1 aliphatic rings. The molecule has 33 heavy (non-hydrogen) atoms. The highest BCUT2D eigenvalue weighted by atomic mass is 35.5. The highest BCUT2D eigenvalue weighted by Gasteiger charge is 2.26. The van der Waals surface area contributed by atoms with Gasteiger partial charge in [-0.2, -0.15) is 0 Å². The number of carbonyl (C=O) groups excluding carboxylic acids is 1. The first kappa shape index (κ1) is 24.7. The lowest BCUT2D eigenvalue weighted by Crippen LogP contribution is -2.32. The van der Waals surface area contributed by atoms with E-state index in [1.165, 1.54) is 25.4 Å². The van der Waals surface area contributed by atoms with Crippen LogP contribution in [0.3, 0.4) is 0 Å². The van der Waals surface area contributed by atoms with Crippen LogP contribution in [0.4, 0.5) is 14.6 Å². The van der Waals surface area contributed by atoms with Crippen molar-refractivity contribution < 1.29 is 28.2 Å². The standard InChI is InChI=1S/C23H26ClF2N3O4/c1-12(17-8-16(25)9-19(26)20(17)33-2)29-21-18(24)7-15(11-27-21)22(30)28-10-13-3-5-14(6-4-13)23(31)32/h7-9,11-14H,3-6,10H2,1-2H3,(H,27,29)(H,28,30)(H,31,32)/t12-,13?,14?/m1/s1. The number of nitrogens with one attached hydrogen (secondary N) is 2. The zero-order chi connectivity index (χ0) is 24.1. The zero-order valence-corrected chi connectivity index (χ0v) is 19.1. The molecule has 0 bridgehead atoms. The lowest BCUT2D eigenvalue weighted by atomic mass is 9.82. The van der Waals surface area contributed by atoms with Gasteiger partial charge in [0.1, 0.15) is 11.6 Å². The number of hydrogen-bond acceptors (Lipinski definition) is 5. The Hall–Kier alpha value is -2.94. The summed E-state index contributed by atoms with van der Waals surface area (Å²) in [6.45, 7) is 2.12. The summed E-state index contributed by atoms with van der Waals surface area (Å²) in [6, 6.07) is 2.78. The van der Waals surface area contributed by atoms with Crippen LogP contribution >= 0.6 is 11.6 Å². The van der Waals surface area contributed by atoms with Crippen LogP contribution in [0.15, 0.2) is 24.4 Å². The first-order chi connectivity index (χ1) is 15.7. The molecule has 3 N–H and O–H groups in total. The summed E-state index contributed by atoms with van der Waals surface area (Å²) in [7, 11) is 1.29. The molecule has 3 rings (SSSR count). The van der Waals surface area contributed by atoms with Gasteiger partial charge in [0, 0.05) is 24.4 Å². The molecule has 7 nitrogen and oxygen atoms in total. The van der Waals surface area contributed by atoms with Crippen molar-refractivity contribution in [1.82, 2.24) is 10.3 Å². The van der Waals surface area contributed by atoms with E-state index in [0.717, 1.165) is 18.9 Å². The minimum atomic E-state index is -0.816. The quantitative estimate of drug-likeness (QED) is 0.500. The van der Waals surface area contributed by atoms with Crippen molar-refractivity contribution in [2.45, 2.75) is 38.6 Å². The molecule has 0 spiro atoms. The second kappa shape index (κ2) is 10.8. The summed E-state index contributed by atoms with van der Waals surface area (Å²) in [6.07, 6.45) is 4.09. The van der Waals surface area contributed by atoms with Crippen molar-refractivity contribution in [1.29, 1.82) is 0 Å². The molecular weight excluding hydrogens is 456 g/mol. The van der Waals surface area contributed by atoms with Gasteiger partial charge in [0.2, 0.25) is 0 Å². The number of methoxy groups -OCH3 is 1. The Balaban J connectivity index is 1.61. The van der Waals surface area contributed by atoms with Crippen LogP contribution in [0.25, 0.3) is 0 Å². The first-order valence-electron chi connectivity index (χ1n) is 10.7. The third kappa shape index (κ3) is 6.10. The Bertz CT molecular complexity index is 1030. The van der Waals surface area contributed by atoms with E-state index in [-0.39, 0.29) is 45.5 Å². The molecular formula is C23H26ClF2N3O4. The van der Waals surface area contributed by atoms with Gasteiger partial charge in [-0.15, -0.1) is 0 Å². The molecule has 1 aromatic carbocycles. The summed E-state index contributed by atoms with van der Waals surface area (Å²) < 4.78 is 32.7. The maximum Gasteiger partial charge on any atom is 0.306 e. The Morgan fingerprint density at radius 2 is 1.94 bits per heavy atom. The maximum atomic E-state index is 14.0. The van der Waals surface area contributed by atoms with Crippen molar-refractivity contribution in [3.05, 3.63) is 52.2 Å². The van der Waals surface area contributed by atoms with E-state index in [4.69, 9.17) is 21.4 Å². The van der Waals surface area contributed by atoms with Gasteiger partial charge in [0.15, 0.2) is 11.6 Å². The van der Waals surface area contributed by atoms with Crippen LogP contribution in [-0.2, 0) is 4.79 Å². The lowest BCUT2D eigenvalue weighted by molar-refractivity contribution is -0.143. The Morgan fingerprint density at radius 1 is 1.24 bits per heavy atom. The largest absolute Gasteiger partial charge is 0.493 e. The molecule has 1 heterocycles. The van der Waals surface area contributed by atoms with Gasteiger partial charge < -0.3 is 20.5 Å². The van der Waals surface area contributed by atoms with Crippen molar-refractivity contribution in [2.24, 2.45) is 11.8 Å². The van der Waals surface area contributed by atoms with E-state index in [1.54, 1.807) is 6.92 Å². The SMILES string of the molecule is COc1c(F)cc(F)cc1[C@@H](C)Nc1ncc(C(=O)NCC2CCC(C(=O)O)CC2)cc1Cl. The molecule has 0 unspecified atom stereocenters. The van der Waals surface area contributed by atoms with Crippen LogP contribution in [-0.4, -0.2) is 35.6 Å². The monoisotopic (exact) mass is 481 g/mol. The van der Waals surface area contributed by atoms with Crippen molar-refractivity contribution >= 4 is 29.3 Å². The van der Waals surface area contributed by atoms with Crippen molar-refractivity contribution in [3.8, 4) is 5.75 Å². The highest BCUT2D eigenvalue weighted by Crippen LogP contribution is 2.33. The molecule has 1 aromatic heterocycles. The summed E-state index contributed by atoms with van der Waals surface area (Å²) in [5.41, 5.74) is 0.527. The number of aromatic nitrogens is 1. The summed E-state index contributed by atoms with van der Waals surface area (Å²) >= 11 is 6.30. The van der Waals surface area contributed by atoms with Crippen molar-refractivity contribution in [3.63, 3.8) is 0 Å². The molecule has 0 radical (unpaired) electrons. The van der Waals surface area contributed by atoms with E-state index in [1.807, 2.05) is 0 Å². The minimum absolute atomic E-state index is 0.0825. The predicted octanol–water partition coefficient (Wildman–Crippen LogP) is 4.82. The minimum Gasteiger partial charge on any atom is -0.493 e. The third-order valence-electron chi connectivity index (χ3n) is 5.91. The number of hydrogen-bond donors (Lipinski definition) is 3. The summed E-state index contributed by atoms with van der Waals surface area (Å²) in [5.74, 6) is -2.55. The van der Waals surface area contributed by atoms with Gasteiger partial charge in [-0.1, -0.05) is 11.6 Å². The fourth-order valence-electron chi connectivity index (χ4n) is 4.02. The number of halogens is 3. The molecule has 10 heteroatoms. The van der Waals surface area contributed by atoms with E-state index in [0.29, 0.717) is 19.4 Å². The number of benzene rings is 1.